The monoisotopic (exact) mass is 450 g/mol. The Hall–Kier alpha value is -3.71. The van der Waals surface area contributed by atoms with Gasteiger partial charge in [-0.15, -0.1) is 11.3 Å². The van der Waals surface area contributed by atoms with Crippen molar-refractivity contribution in [2.75, 3.05) is 0 Å². The van der Waals surface area contributed by atoms with Gasteiger partial charge >= 0.3 is 0 Å². The fraction of sp³-hybridized carbons (Fsp3) is 0.192. The molecule has 0 aliphatic heterocycles. The summed E-state index contributed by atoms with van der Waals surface area (Å²) in [5.74, 6) is 0.746. The second-order valence-corrected chi connectivity index (χ2v) is 9.41. The van der Waals surface area contributed by atoms with E-state index in [0.717, 1.165) is 63.4 Å². The molecule has 0 unspecified atom stereocenters. The van der Waals surface area contributed by atoms with Crippen molar-refractivity contribution in [2.24, 2.45) is 4.99 Å². The molecular formula is C26H22N6S. The van der Waals surface area contributed by atoms with E-state index in [1.807, 2.05) is 37.8 Å². The summed E-state index contributed by atoms with van der Waals surface area (Å²) in [6.45, 7) is 4.11. The van der Waals surface area contributed by atoms with Crippen molar-refractivity contribution in [1.82, 2.24) is 24.9 Å². The lowest BCUT2D eigenvalue weighted by Crippen LogP contribution is -2.10. The third-order valence-electron chi connectivity index (χ3n) is 5.79. The summed E-state index contributed by atoms with van der Waals surface area (Å²) < 4.78 is 0. The number of aryl methyl sites for hydroxylation is 2. The van der Waals surface area contributed by atoms with Gasteiger partial charge in [-0.05, 0) is 67.5 Å². The van der Waals surface area contributed by atoms with Crippen molar-refractivity contribution >= 4 is 28.2 Å². The minimum atomic E-state index is 0.342. The van der Waals surface area contributed by atoms with Crippen molar-refractivity contribution in [1.29, 1.82) is 0 Å². The summed E-state index contributed by atoms with van der Waals surface area (Å²) in [7, 11) is 0. The quantitative estimate of drug-likeness (QED) is 0.345. The van der Waals surface area contributed by atoms with Gasteiger partial charge in [0.05, 0.1) is 17.3 Å². The van der Waals surface area contributed by atoms with Crippen molar-refractivity contribution < 1.29 is 0 Å². The van der Waals surface area contributed by atoms with Crippen LogP contribution in [0.2, 0.25) is 0 Å². The highest BCUT2D eigenvalue weighted by Crippen LogP contribution is 2.32. The maximum Gasteiger partial charge on any atom is 0.178 e. The number of hydrogen-bond donors (Lipinski definition) is 1. The third-order valence-corrected chi connectivity index (χ3v) is 6.69. The summed E-state index contributed by atoms with van der Waals surface area (Å²) in [6.07, 6.45) is 9.66. The molecule has 5 aromatic rings. The van der Waals surface area contributed by atoms with E-state index in [1.54, 1.807) is 11.3 Å². The van der Waals surface area contributed by atoms with Crippen LogP contribution < -0.4 is 0 Å². The standard InChI is InChI=1S/C26H22N6S/c1-15-10-17(14-27-12-15)21-11-20(16(2)13-29-21)24(30-18-5-6-18)26-31-23-19(22-4-3-9-33-22)7-8-28-25(23)32-26/h3-4,7-14,18H,5-6H2,1-2H3,(H,28,31,32). The molecule has 0 radical (unpaired) electrons. The second-order valence-electron chi connectivity index (χ2n) is 8.46. The van der Waals surface area contributed by atoms with Crippen LogP contribution in [-0.2, 0) is 0 Å². The molecule has 0 spiro atoms. The predicted molar refractivity (Wildman–Crippen MR) is 133 cm³/mol. The fourth-order valence-corrected chi connectivity index (χ4v) is 4.69. The highest BCUT2D eigenvalue weighted by Gasteiger charge is 2.25. The lowest BCUT2D eigenvalue weighted by molar-refractivity contribution is 1.05. The smallest absolute Gasteiger partial charge is 0.178 e. The normalized spacial score (nSPS) is 14.2. The van der Waals surface area contributed by atoms with Crippen LogP contribution in [0.1, 0.15) is 35.4 Å². The van der Waals surface area contributed by atoms with E-state index in [2.05, 4.69) is 56.5 Å². The maximum atomic E-state index is 5.08. The number of rotatable bonds is 5. The van der Waals surface area contributed by atoms with Crippen molar-refractivity contribution in [3.05, 3.63) is 83.0 Å². The zero-order valence-corrected chi connectivity index (χ0v) is 19.2. The van der Waals surface area contributed by atoms with Crippen molar-refractivity contribution in [3.63, 3.8) is 0 Å². The number of H-pyrrole nitrogens is 1. The number of aromatic amines is 1. The van der Waals surface area contributed by atoms with Gasteiger partial charge in [0.15, 0.2) is 11.5 Å². The van der Waals surface area contributed by atoms with Crippen LogP contribution in [0, 0.1) is 13.8 Å². The molecule has 7 heteroatoms. The molecular weight excluding hydrogens is 428 g/mol. The minimum absolute atomic E-state index is 0.342. The maximum absolute atomic E-state index is 5.08. The number of aliphatic imine (C=N–C) groups is 1. The van der Waals surface area contributed by atoms with E-state index < -0.39 is 0 Å². The Kier molecular flexibility index (Phi) is 4.84. The van der Waals surface area contributed by atoms with Gasteiger partial charge in [-0.3, -0.25) is 15.0 Å². The Morgan fingerprint density at radius 1 is 1.09 bits per heavy atom. The summed E-state index contributed by atoms with van der Waals surface area (Å²) in [5, 5.41) is 2.08. The summed E-state index contributed by atoms with van der Waals surface area (Å²) >= 11 is 1.71. The van der Waals surface area contributed by atoms with Crippen LogP contribution >= 0.6 is 11.3 Å². The van der Waals surface area contributed by atoms with Gasteiger partial charge in [0.1, 0.15) is 5.71 Å². The zero-order valence-electron chi connectivity index (χ0n) is 18.4. The van der Waals surface area contributed by atoms with Gasteiger partial charge in [-0.2, -0.15) is 0 Å². The van der Waals surface area contributed by atoms with Crippen LogP contribution in [0.25, 0.3) is 32.9 Å². The van der Waals surface area contributed by atoms with Crippen LogP contribution in [0.3, 0.4) is 0 Å². The van der Waals surface area contributed by atoms with Crippen molar-refractivity contribution in [3.8, 4) is 21.7 Å². The fourth-order valence-electron chi connectivity index (χ4n) is 3.94. The highest BCUT2D eigenvalue weighted by molar-refractivity contribution is 7.13. The molecule has 6 nitrogen and oxygen atoms in total. The number of hydrogen-bond acceptors (Lipinski definition) is 6. The molecule has 1 N–H and O–H groups in total. The van der Waals surface area contributed by atoms with E-state index >= 15 is 0 Å². The summed E-state index contributed by atoms with van der Waals surface area (Å²) in [4.78, 5) is 28.2. The molecule has 0 bridgehead atoms. The zero-order chi connectivity index (χ0) is 22.4. The van der Waals surface area contributed by atoms with Crippen molar-refractivity contribution in [2.45, 2.75) is 32.7 Å². The lowest BCUT2D eigenvalue weighted by atomic mass is 10.0. The average molecular weight is 451 g/mol. The van der Waals surface area contributed by atoms with Crippen LogP contribution in [0.5, 0.6) is 0 Å². The Bertz CT molecular complexity index is 1490. The SMILES string of the molecule is Cc1cncc(-c2cc(C(=NC3CC3)c3nc4nccc(-c5cccs5)c4[nH]3)c(C)cn2)c1. The highest BCUT2D eigenvalue weighted by atomic mass is 32.1. The van der Waals surface area contributed by atoms with Gasteiger partial charge in [-0.1, -0.05) is 6.07 Å². The first-order chi connectivity index (χ1) is 16.2. The molecule has 1 saturated carbocycles. The Balaban J connectivity index is 1.51. The van der Waals surface area contributed by atoms with Gasteiger partial charge in [0.2, 0.25) is 0 Å². The van der Waals surface area contributed by atoms with Gasteiger partial charge in [0.25, 0.3) is 0 Å². The second kappa shape index (κ2) is 8.01. The van der Waals surface area contributed by atoms with Crippen LogP contribution in [0.15, 0.2) is 65.5 Å². The molecule has 6 rings (SSSR count). The lowest BCUT2D eigenvalue weighted by Gasteiger charge is -2.10. The van der Waals surface area contributed by atoms with E-state index in [4.69, 9.17) is 9.98 Å². The molecule has 1 fully saturated rings. The molecule has 33 heavy (non-hydrogen) atoms. The molecule has 0 aromatic carbocycles. The Morgan fingerprint density at radius 3 is 2.79 bits per heavy atom. The number of fused-ring (bicyclic) bond motifs is 1. The molecule has 0 saturated heterocycles. The van der Waals surface area contributed by atoms with E-state index in [1.165, 1.54) is 4.88 Å². The summed E-state index contributed by atoms with van der Waals surface area (Å²) in [5.41, 5.74) is 8.69. The van der Waals surface area contributed by atoms with Gasteiger partial charge in [0, 0.05) is 46.4 Å². The molecule has 5 aromatic heterocycles. The van der Waals surface area contributed by atoms with Crippen LogP contribution in [-0.4, -0.2) is 36.7 Å². The molecule has 1 aliphatic carbocycles. The molecule has 0 amide bonds. The number of imidazole rings is 1. The third kappa shape index (κ3) is 3.85. The van der Waals surface area contributed by atoms with Gasteiger partial charge in [-0.25, -0.2) is 9.97 Å². The van der Waals surface area contributed by atoms with E-state index in [0.29, 0.717) is 11.7 Å². The first-order valence-electron chi connectivity index (χ1n) is 11.0. The molecule has 162 valence electrons. The Labute approximate surface area is 195 Å². The minimum Gasteiger partial charge on any atom is -0.335 e. The van der Waals surface area contributed by atoms with E-state index in [-0.39, 0.29) is 0 Å². The summed E-state index contributed by atoms with van der Waals surface area (Å²) in [6, 6.07) is 10.8. The average Bonchev–Trinajstić information content (AvgIpc) is 3.30. The molecule has 5 heterocycles. The number of nitrogens with zero attached hydrogens (tertiary/aromatic N) is 5. The number of pyridine rings is 3. The molecule has 0 atom stereocenters. The first-order valence-corrected chi connectivity index (χ1v) is 11.9. The predicted octanol–water partition coefficient (Wildman–Crippen LogP) is 5.76. The van der Waals surface area contributed by atoms with Gasteiger partial charge < -0.3 is 4.98 Å². The van der Waals surface area contributed by atoms with Crippen LogP contribution in [0.4, 0.5) is 0 Å². The van der Waals surface area contributed by atoms with E-state index in [9.17, 15) is 0 Å². The largest absolute Gasteiger partial charge is 0.335 e. The number of aromatic nitrogens is 5. The number of nitrogens with one attached hydrogen (secondary N) is 1. The first kappa shape index (κ1) is 19.9. The molecule has 1 aliphatic rings. The Morgan fingerprint density at radius 2 is 2.00 bits per heavy atom. The topological polar surface area (TPSA) is 79.7 Å². The number of thiophene rings is 1.